The first-order valence-electron chi connectivity index (χ1n) is 4.55. The van der Waals surface area contributed by atoms with E-state index in [1.165, 1.54) is 0 Å². The molecular weight excluding hydrogens is 207 g/mol. The fraction of sp³-hybridized carbons (Fsp3) is 0.400. The number of benzene rings is 1. The number of aryl methyl sites for hydroxylation is 1. The normalized spacial score (nSPS) is 19.9. The highest BCUT2D eigenvalue weighted by Gasteiger charge is 2.36. The maximum absolute atomic E-state index is 12.0. The van der Waals surface area contributed by atoms with E-state index in [-0.39, 0.29) is 6.42 Å². The van der Waals surface area contributed by atoms with E-state index >= 15 is 0 Å². The first-order valence-corrected chi connectivity index (χ1v) is 4.55. The third kappa shape index (κ3) is 2.23. The van der Waals surface area contributed by atoms with Gasteiger partial charge in [0, 0.05) is 12.1 Å². The maximum Gasteiger partial charge on any atom is 0.524 e. The van der Waals surface area contributed by atoms with E-state index in [4.69, 9.17) is 0 Å². The van der Waals surface area contributed by atoms with Gasteiger partial charge in [-0.05, 0) is 24.1 Å². The summed E-state index contributed by atoms with van der Waals surface area (Å²) in [5.41, 5.74) is 2.60. The minimum Gasteiger partial charge on any atom is -0.359 e. The van der Waals surface area contributed by atoms with Crippen molar-refractivity contribution in [3.63, 3.8) is 0 Å². The van der Waals surface area contributed by atoms with Crippen molar-refractivity contribution in [2.75, 3.05) is 5.32 Å². The summed E-state index contributed by atoms with van der Waals surface area (Å²) in [7, 11) is 0. The van der Waals surface area contributed by atoms with Crippen LogP contribution in [0.4, 0.5) is 18.9 Å². The molecule has 5 heteroatoms. The van der Waals surface area contributed by atoms with E-state index in [2.05, 4.69) is 10.1 Å². The van der Waals surface area contributed by atoms with Crippen molar-refractivity contribution in [3.8, 4) is 0 Å². The monoisotopic (exact) mass is 217 g/mol. The molecule has 0 amide bonds. The Labute approximate surface area is 85.0 Å². The number of ether oxygens (including phenoxy) is 1. The number of nitrogens with one attached hydrogen (secondary N) is 1. The molecule has 1 unspecified atom stereocenters. The molecule has 82 valence electrons. The Morgan fingerprint density at radius 2 is 2.13 bits per heavy atom. The molecule has 1 heterocycles. The van der Waals surface area contributed by atoms with Gasteiger partial charge in [0.1, 0.15) is 6.23 Å². The zero-order valence-corrected chi connectivity index (χ0v) is 8.06. The Hall–Kier alpha value is -1.23. The van der Waals surface area contributed by atoms with Crippen molar-refractivity contribution >= 4 is 5.69 Å². The van der Waals surface area contributed by atoms with Crippen LogP contribution in [0.1, 0.15) is 11.1 Å². The number of halogens is 3. The van der Waals surface area contributed by atoms with Crippen molar-refractivity contribution in [1.29, 1.82) is 0 Å². The van der Waals surface area contributed by atoms with Crippen LogP contribution in [0.2, 0.25) is 0 Å². The Balaban J connectivity index is 2.13. The molecule has 1 aliphatic rings. The molecule has 0 saturated heterocycles. The Morgan fingerprint density at radius 1 is 1.40 bits per heavy atom. The lowest BCUT2D eigenvalue weighted by Crippen LogP contribution is -2.28. The Kier molecular flexibility index (Phi) is 2.34. The minimum absolute atomic E-state index is 0.252. The number of hydrogen-bond donors (Lipinski definition) is 1. The summed E-state index contributed by atoms with van der Waals surface area (Å²) in [5.74, 6) is 0. The number of alkyl halides is 3. The molecule has 1 atom stereocenters. The van der Waals surface area contributed by atoms with Gasteiger partial charge in [-0.2, -0.15) is 0 Å². The molecule has 2 rings (SSSR count). The summed E-state index contributed by atoms with van der Waals surface area (Å²) in [6.45, 7) is 1.87. The van der Waals surface area contributed by atoms with Gasteiger partial charge in [0.05, 0.1) is 0 Å². The van der Waals surface area contributed by atoms with E-state index in [1.54, 1.807) is 12.1 Å². The van der Waals surface area contributed by atoms with Crippen LogP contribution in [-0.4, -0.2) is 12.6 Å². The smallest absolute Gasteiger partial charge is 0.359 e. The van der Waals surface area contributed by atoms with Crippen molar-refractivity contribution in [2.45, 2.75) is 25.9 Å². The van der Waals surface area contributed by atoms with Gasteiger partial charge in [-0.3, -0.25) is 4.74 Å². The molecule has 0 spiro atoms. The fourth-order valence-corrected chi connectivity index (χ4v) is 1.75. The van der Waals surface area contributed by atoms with Gasteiger partial charge in [-0.25, -0.2) is 0 Å². The van der Waals surface area contributed by atoms with Gasteiger partial charge in [-0.15, -0.1) is 13.2 Å². The average Bonchev–Trinajstić information content (AvgIpc) is 2.45. The van der Waals surface area contributed by atoms with Crippen molar-refractivity contribution in [3.05, 3.63) is 29.3 Å². The number of rotatable bonds is 1. The third-order valence-corrected chi connectivity index (χ3v) is 2.39. The van der Waals surface area contributed by atoms with Crippen LogP contribution in [0.15, 0.2) is 18.2 Å². The van der Waals surface area contributed by atoms with Crippen molar-refractivity contribution in [2.24, 2.45) is 0 Å². The molecular formula is C10H10F3NO. The summed E-state index contributed by atoms with van der Waals surface area (Å²) >= 11 is 0. The summed E-state index contributed by atoms with van der Waals surface area (Å²) < 4.78 is 39.8. The van der Waals surface area contributed by atoms with Crippen LogP contribution in [-0.2, 0) is 11.2 Å². The summed E-state index contributed by atoms with van der Waals surface area (Å²) in [4.78, 5) is 0. The second-order valence-corrected chi connectivity index (χ2v) is 3.50. The standard InChI is InChI=1S/C10H10F3NO/c1-6-3-2-4-8-7(6)5-9(14-8)15-10(11,12)13/h2-4,9,14H,5H2,1H3. The second kappa shape index (κ2) is 3.41. The first kappa shape index (κ1) is 10.3. The van der Waals surface area contributed by atoms with Crippen LogP contribution in [0.5, 0.6) is 0 Å². The molecule has 0 radical (unpaired) electrons. The maximum atomic E-state index is 12.0. The predicted octanol–water partition coefficient (Wildman–Crippen LogP) is 2.83. The lowest BCUT2D eigenvalue weighted by molar-refractivity contribution is -0.338. The summed E-state index contributed by atoms with van der Waals surface area (Å²) in [6.07, 6.45) is -5.34. The molecule has 0 fully saturated rings. The van der Waals surface area contributed by atoms with Gasteiger partial charge < -0.3 is 5.32 Å². The number of hydrogen-bond acceptors (Lipinski definition) is 2. The largest absolute Gasteiger partial charge is 0.524 e. The molecule has 0 bridgehead atoms. The summed E-state index contributed by atoms with van der Waals surface area (Å²) in [5, 5.41) is 2.69. The number of fused-ring (bicyclic) bond motifs is 1. The van der Waals surface area contributed by atoms with E-state index in [9.17, 15) is 13.2 Å². The predicted molar refractivity (Wildman–Crippen MR) is 49.4 cm³/mol. The van der Waals surface area contributed by atoms with E-state index in [0.717, 1.165) is 16.8 Å². The van der Waals surface area contributed by atoms with E-state index < -0.39 is 12.6 Å². The zero-order valence-electron chi connectivity index (χ0n) is 8.06. The summed E-state index contributed by atoms with van der Waals surface area (Å²) in [6, 6.07) is 5.43. The molecule has 0 aliphatic carbocycles. The van der Waals surface area contributed by atoms with Gasteiger partial charge >= 0.3 is 6.36 Å². The quantitative estimate of drug-likeness (QED) is 0.781. The lowest BCUT2D eigenvalue weighted by atomic mass is 10.1. The van der Waals surface area contributed by atoms with Crippen LogP contribution in [0.25, 0.3) is 0 Å². The molecule has 1 aromatic carbocycles. The molecule has 1 aromatic rings. The fourth-order valence-electron chi connectivity index (χ4n) is 1.75. The van der Waals surface area contributed by atoms with E-state index in [1.807, 2.05) is 13.0 Å². The Morgan fingerprint density at radius 3 is 2.73 bits per heavy atom. The highest BCUT2D eigenvalue weighted by atomic mass is 19.4. The van der Waals surface area contributed by atoms with Crippen LogP contribution < -0.4 is 5.32 Å². The lowest BCUT2D eigenvalue weighted by Gasteiger charge is -2.14. The highest BCUT2D eigenvalue weighted by molar-refractivity contribution is 5.58. The first-order chi connectivity index (χ1) is 6.96. The molecule has 0 aromatic heterocycles. The number of anilines is 1. The molecule has 0 saturated carbocycles. The second-order valence-electron chi connectivity index (χ2n) is 3.50. The molecule has 15 heavy (non-hydrogen) atoms. The van der Waals surface area contributed by atoms with Gasteiger partial charge in [-0.1, -0.05) is 12.1 Å². The van der Waals surface area contributed by atoms with Crippen molar-refractivity contribution in [1.82, 2.24) is 0 Å². The Bertz CT molecular complexity index is 375. The minimum atomic E-state index is -4.59. The average molecular weight is 217 g/mol. The topological polar surface area (TPSA) is 21.3 Å². The molecule has 2 nitrogen and oxygen atoms in total. The van der Waals surface area contributed by atoms with E-state index in [0.29, 0.717) is 0 Å². The highest BCUT2D eigenvalue weighted by Crippen LogP contribution is 2.31. The molecule has 1 aliphatic heterocycles. The third-order valence-electron chi connectivity index (χ3n) is 2.39. The molecule has 1 N–H and O–H groups in total. The van der Waals surface area contributed by atoms with Crippen LogP contribution >= 0.6 is 0 Å². The van der Waals surface area contributed by atoms with Crippen LogP contribution in [0.3, 0.4) is 0 Å². The van der Waals surface area contributed by atoms with Gasteiger partial charge in [0.2, 0.25) is 0 Å². The zero-order chi connectivity index (χ0) is 11.1. The van der Waals surface area contributed by atoms with Crippen LogP contribution in [0, 0.1) is 6.92 Å². The van der Waals surface area contributed by atoms with Gasteiger partial charge in [0.15, 0.2) is 0 Å². The van der Waals surface area contributed by atoms with Crippen molar-refractivity contribution < 1.29 is 17.9 Å². The SMILES string of the molecule is Cc1cccc2c1CC(OC(F)(F)F)N2. The van der Waals surface area contributed by atoms with Gasteiger partial charge in [0.25, 0.3) is 0 Å².